The third-order valence-electron chi connectivity index (χ3n) is 3.00. The normalized spacial score (nSPS) is 12.7. The van der Waals surface area contributed by atoms with E-state index in [0.717, 1.165) is 22.3 Å². The molecule has 0 radical (unpaired) electrons. The van der Waals surface area contributed by atoms with Crippen molar-refractivity contribution in [2.45, 2.75) is 26.8 Å². The molecule has 1 atom stereocenters. The summed E-state index contributed by atoms with van der Waals surface area (Å²) in [5, 5.41) is 9.16. The van der Waals surface area contributed by atoms with Crippen LogP contribution in [-0.4, -0.2) is 44.7 Å². The van der Waals surface area contributed by atoms with Crippen LogP contribution in [0.15, 0.2) is 27.7 Å². The number of hydrogen-bond acceptors (Lipinski definition) is 3. The van der Waals surface area contributed by atoms with E-state index in [1.807, 2.05) is 39.0 Å². The summed E-state index contributed by atoms with van der Waals surface area (Å²) in [6, 6.07) is 5.86. The second-order valence-corrected chi connectivity index (χ2v) is 6.12. The average molecular weight is 385 g/mol. The minimum absolute atomic E-state index is 0.0426. The first-order chi connectivity index (χ1) is 11.0. The molecule has 0 bridgehead atoms. The smallest absolute Gasteiger partial charge is 0.246 e. The molecule has 6 nitrogen and oxygen atoms in total. The fourth-order valence-corrected chi connectivity index (χ4v) is 2.28. The summed E-state index contributed by atoms with van der Waals surface area (Å²) in [6.07, 6.45) is 0. The highest BCUT2D eigenvalue weighted by atomic mass is 79.9. The van der Waals surface area contributed by atoms with Crippen molar-refractivity contribution in [2.24, 2.45) is 4.99 Å². The molecule has 0 saturated carbocycles. The molecule has 7 heteroatoms. The Hall–Kier alpha value is -1.60. The number of nitrogens with zero attached hydrogens (tertiary/aromatic N) is 1. The first-order valence-electron chi connectivity index (χ1n) is 7.56. The van der Waals surface area contributed by atoms with Crippen molar-refractivity contribution in [2.75, 3.05) is 32.1 Å². The number of aryl methyl sites for hydroxylation is 1. The zero-order valence-corrected chi connectivity index (χ0v) is 15.7. The van der Waals surface area contributed by atoms with Gasteiger partial charge >= 0.3 is 0 Å². The molecule has 23 heavy (non-hydrogen) atoms. The summed E-state index contributed by atoms with van der Waals surface area (Å²) < 4.78 is 6.00. The third-order valence-corrected chi connectivity index (χ3v) is 3.49. The zero-order valence-electron chi connectivity index (χ0n) is 14.1. The number of halogens is 1. The monoisotopic (exact) mass is 384 g/mol. The Labute approximate surface area is 146 Å². The van der Waals surface area contributed by atoms with Crippen LogP contribution < -0.4 is 16.0 Å². The summed E-state index contributed by atoms with van der Waals surface area (Å²) in [6.45, 7) is 7.24. The molecular weight excluding hydrogens is 360 g/mol. The van der Waals surface area contributed by atoms with Crippen LogP contribution in [0.4, 0.5) is 5.69 Å². The largest absolute Gasteiger partial charge is 0.383 e. The van der Waals surface area contributed by atoms with Gasteiger partial charge in [0.25, 0.3) is 0 Å². The first kappa shape index (κ1) is 19.4. The molecule has 1 unspecified atom stereocenters. The Morgan fingerprint density at radius 3 is 2.83 bits per heavy atom. The number of methoxy groups -OCH3 is 1. The number of anilines is 1. The average Bonchev–Trinajstić information content (AvgIpc) is 2.49. The number of guanidine groups is 1. The molecule has 128 valence electrons. The standard InChI is InChI=1S/C16H25BrN4O2/c1-5-18-16(20-12(3)10-23-4)19-9-15(22)21-14-8-13(17)7-6-11(14)2/h6-8,12H,5,9-10H2,1-4H3,(H,21,22)(H2,18,19,20). The lowest BCUT2D eigenvalue weighted by atomic mass is 10.2. The van der Waals surface area contributed by atoms with E-state index in [1.54, 1.807) is 7.11 Å². The molecule has 1 aromatic rings. The number of ether oxygens (including phenoxy) is 1. The van der Waals surface area contributed by atoms with Gasteiger partial charge in [0.1, 0.15) is 6.54 Å². The quantitative estimate of drug-likeness (QED) is 0.497. The molecule has 1 amide bonds. The third kappa shape index (κ3) is 7.47. The van der Waals surface area contributed by atoms with Gasteiger partial charge in [-0.1, -0.05) is 22.0 Å². The van der Waals surface area contributed by atoms with E-state index >= 15 is 0 Å². The number of carbonyl (C=O) groups is 1. The summed E-state index contributed by atoms with van der Waals surface area (Å²) in [4.78, 5) is 16.4. The summed E-state index contributed by atoms with van der Waals surface area (Å²) in [5.74, 6) is 0.431. The number of aliphatic imine (C=N–C) groups is 1. The van der Waals surface area contributed by atoms with Crippen molar-refractivity contribution in [3.63, 3.8) is 0 Å². The summed E-state index contributed by atoms with van der Waals surface area (Å²) in [5.41, 5.74) is 1.79. The van der Waals surface area contributed by atoms with E-state index in [2.05, 4.69) is 36.9 Å². The highest BCUT2D eigenvalue weighted by Crippen LogP contribution is 2.20. The van der Waals surface area contributed by atoms with Gasteiger partial charge in [0.15, 0.2) is 5.96 Å². The van der Waals surface area contributed by atoms with Crippen LogP contribution in [0.5, 0.6) is 0 Å². The Morgan fingerprint density at radius 2 is 2.17 bits per heavy atom. The van der Waals surface area contributed by atoms with Gasteiger partial charge in [0.2, 0.25) is 5.91 Å². The van der Waals surface area contributed by atoms with E-state index in [4.69, 9.17) is 4.74 Å². The van der Waals surface area contributed by atoms with Crippen molar-refractivity contribution in [3.8, 4) is 0 Å². The van der Waals surface area contributed by atoms with Crippen LogP contribution in [0.25, 0.3) is 0 Å². The SMILES string of the molecule is CCNC(=NCC(=O)Nc1cc(Br)ccc1C)NC(C)COC. The molecule has 0 aliphatic rings. The number of carbonyl (C=O) groups excluding carboxylic acids is 1. The second-order valence-electron chi connectivity index (χ2n) is 5.20. The Bertz CT molecular complexity index is 549. The molecule has 0 aliphatic heterocycles. The molecule has 0 saturated heterocycles. The van der Waals surface area contributed by atoms with E-state index < -0.39 is 0 Å². The Morgan fingerprint density at radius 1 is 1.43 bits per heavy atom. The van der Waals surface area contributed by atoms with Gasteiger partial charge in [-0.3, -0.25) is 4.79 Å². The molecule has 0 fully saturated rings. The maximum Gasteiger partial charge on any atom is 0.246 e. The van der Waals surface area contributed by atoms with E-state index in [0.29, 0.717) is 12.6 Å². The van der Waals surface area contributed by atoms with Crippen molar-refractivity contribution in [1.29, 1.82) is 0 Å². The van der Waals surface area contributed by atoms with Crippen LogP contribution in [-0.2, 0) is 9.53 Å². The molecule has 1 aromatic carbocycles. The predicted octanol–water partition coefficient (Wildman–Crippen LogP) is 2.29. The van der Waals surface area contributed by atoms with Gasteiger partial charge in [0, 0.05) is 29.9 Å². The number of amides is 1. The van der Waals surface area contributed by atoms with Crippen LogP contribution in [0.1, 0.15) is 19.4 Å². The minimum atomic E-state index is -0.164. The van der Waals surface area contributed by atoms with Crippen molar-refractivity contribution < 1.29 is 9.53 Å². The number of benzene rings is 1. The summed E-state index contributed by atoms with van der Waals surface area (Å²) in [7, 11) is 1.65. The lowest BCUT2D eigenvalue weighted by Gasteiger charge is -2.17. The Balaban J connectivity index is 2.63. The van der Waals surface area contributed by atoms with Crippen LogP contribution in [0.3, 0.4) is 0 Å². The number of nitrogens with one attached hydrogen (secondary N) is 3. The lowest BCUT2D eigenvalue weighted by molar-refractivity contribution is -0.114. The second kappa shape index (κ2) is 10.2. The van der Waals surface area contributed by atoms with Gasteiger partial charge in [-0.05, 0) is 38.5 Å². The fourth-order valence-electron chi connectivity index (χ4n) is 1.91. The molecule has 1 rings (SSSR count). The van der Waals surface area contributed by atoms with Gasteiger partial charge in [-0.25, -0.2) is 4.99 Å². The van der Waals surface area contributed by atoms with E-state index in [-0.39, 0.29) is 18.5 Å². The van der Waals surface area contributed by atoms with E-state index in [1.165, 1.54) is 0 Å². The molecule has 3 N–H and O–H groups in total. The fraction of sp³-hybridized carbons (Fsp3) is 0.500. The highest BCUT2D eigenvalue weighted by molar-refractivity contribution is 9.10. The number of rotatable bonds is 7. The zero-order chi connectivity index (χ0) is 17.2. The highest BCUT2D eigenvalue weighted by Gasteiger charge is 2.07. The summed E-state index contributed by atoms with van der Waals surface area (Å²) >= 11 is 3.40. The van der Waals surface area contributed by atoms with Gasteiger partial charge < -0.3 is 20.7 Å². The van der Waals surface area contributed by atoms with Crippen LogP contribution in [0.2, 0.25) is 0 Å². The maximum absolute atomic E-state index is 12.1. The molecular formula is C16H25BrN4O2. The topological polar surface area (TPSA) is 74.8 Å². The van der Waals surface area contributed by atoms with Gasteiger partial charge in [-0.2, -0.15) is 0 Å². The predicted molar refractivity (Wildman–Crippen MR) is 98.0 cm³/mol. The lowest BCUT2D eigenvalue weighted by Crippen LogP contribution is -2.44. The Kier molecular flexibility index (Phi) is 8.65. The maximum atomic E-state index is 12.1. The number of hydrogen-bond donors (Lipinski definition) is 3. The van der Waals surface area contributed by atoms with Crippen LogP contribution in [0, 0.1) is 6.92 Å². The van der Waals surface area contributed by atoms with Crippen molar-refractivity contribution in [1.82, 2.24) is 10.6 Å². The molecule has 0 spiro atoms. The van der Waals surface area contributed by atoms with Crippen molar-refractivity contribution in [3.05, 3.63) is 28.2 Å². The first-order valence-corrected chi connectivity index (χ1v) is 8.35. The molecule has 0 aromatic heterocycles. The molecule has 0 heterocycles. The molecule has 0 aliphatic carbocycles. The van der Waals surface area contributed by atoms with Crippen molar-refractivity contribution >= 4 is 33.5 Å². The van der Waals surface area contributed by atoms with E-state index in [9.17, 15) is 4.79 Å². The van der Waals surface area contributed by atoms with Gasteiger partial charge in [0.05, 0.1) is 6.61 Å². The van der Waals surface area contributed by atoms with Gasteiger partial charge in [-0.15, -0.1) is 0 Å². The minimum Gasteiger partial charge on any atom is -0.383 e. The van der Waals surface area contributed by atoms with Crippen LogP contribution >= 0.6 is 15.9 Å².